The number of hydrogen-bond donors (Lipinski definition) is 1. The largest absolute Gasteiger partial charge is 0.481 e. The molecule has 1 fully saturated rings. The molecule has 0 saturated carbocycles. The molecule has 1 aliphatic rings. The van der Waals surface area contributed by atoms with Crippen LogP contribution in [0.3, 0.4) is 0 Å². The molecule has 2 atom stereocenters. The molecule has 1 aliphatic heterocycles. The summed E-state index contributed by atoms with van der Waals surface area (Å²) in [6, 6.07) is 6.88. The van der Waals surface area contributed by atoms with Crippen molar-refractivity contribution >= 4 is 5.97 Å². The Kier molecular flexibility index (Phi) is 4.43. The van der Waals surface area contributed by atoms with Gasteiger partial charge in [0, 0.05) is 12.6 Å². The van der Waals surface area contributed by atoms with Crippen LogP contribution in [0, 0.1) is 25.2 Å². The van der Waals surface area contributed by atoms with Crippen LogP contribution in [0.1, 0.15) is 49.9 Å². The molecule has 116 valence electrons. The quantitative estimate of drug-likeness (QED) is 0.916. The molecule has 0 amide bonds. The van der Waals surface area contributed by atoms with Crippen LogP contribution in [-0.4, -0.2) is 29.1 Å². The molecule has 1 heterocycles. The number of carbonyl (C=O) groups is 1. The second-order valence-electron chi connectivity index (χ2n) is 6.93. The van der Waals surface area contributed by atoms with Gasteiger partial charge in [-0.2, -0.15) is 0 Å². The Labute approximate surface area is 128 Å². The first-order valence-corrected chi connectivity index (χ1v) is 7.82. The van der Waals surface area contributed by atoms with Crippen molar-refractivity contribution < 1.29 is 9.90 Å². The predicted molar refractivity (Wildman–Crippen MR) is 85.4 cm³/mol. The van der Waals surface area contributed by atoms with Crippen LogP contribution in [0.15, 0.2) is 18.2 Å². The second kappa shape index (κ2) is 5.80. The van der Waals surface area contributed by atoms with E-state index in [1.54, 1.807) is 0 Å². The first-order valence-electron chi connectivity index (χ1n) is 7.82. The minimum Gasteiger partial charge on any atom is -0.481 e. The van der Waals surface area contributed by atoms with Crippen LogP contribution < -0.4 is 0 Å². The third kappa shape index (κ3) is 2.98. The highest BCUT2D eigenvalue weighted by molar-refractivity contribution is 5.75. The maximum absolute atomic E-state index is 11.8. The van der Waals surface area contributed by atoms with Crippen LogP contribution in [0.2, 0.25) is 0 Å². The number of benzene rings is 1. The third-order valence-corrected chi connectivity index (χ3v) is 5.14. The van der Waals surface area contributed by atoms with Crippen molar-refractivity contribution in [3.8, 4) is 0 Å². The van der Waals surface area contributed by atoms with Gasteiger partial charge in [-0.1, -0.05) is 43.2 Å². The van der Waals surface area contributed by atoms with Crippen LogP contribution in [0.25, 0.3) is 0 Å². The topological polar surface area (TPSA) is 40.5 Å². The van der Waals surface area contributed by atoms with E-state index in [-0.39, 0.29) is 12.0 Å². The van der Waals surface area contributed by atoms with E-state index in [1.807, 2.05) is 13.8 Å². The molecule has 21 heavy (non-hydrogen) atoms. The van der Waals surface area contributed by atoms with Crippen molar-refractivity contribution in [2.45, 2.75) is 47.1 Å². The third-order valence-electron chi connectivity index (χ3n) is 5.14. The lowest BCUT2D eigenvalue weighted by molar-refractivity contribution is -0.151. The molecular formula is C18H27NO2. The molecule has 0 spiro atoms. The summed E-state index contributed by atoms with van der Waals surface area (Å²) >= 11 is 0. The van der Waals surface area contributed by atoms with Crippen LogP contribution >= 0.6 is 0 Å². The molecule has 0 aromatic heterocycles. The minimum atomic E-state index is -0.646. The average Bonchev–Trinajstić information content (AvgIpc) is 2.83. The van der Waals surface area contributed by atoms with Gasteiger partial charge in [0.2, 0.25) is 0 Å². The number of likely N-dealkylation sites (tertiary alicyclic amines) is 1. The van der Waals surface area contributed by atoms with Crippen LogP contribution in [0.4, 0.5) is 0 Å². The van der Waals surface area contributed by atoms with Crippen LogP contribution in [-0.2, 0) is 4.79 Å². The van der Waals surface area contributed by atoms with Gasteiger partial charge in [0.1, 0.15) is 0 Å². The number of nitrogens with zero attached hydrogens (tertiary/aromatic N) is 1. The molecular weight excluding hydrogens is 262 g/mol. The van der Waals surface area contributed by atoms with E-state index in [9.17, 15) is 9.90 Å². The van der Waals surface area contributed by atoms with Crippen molar-refractivity contribution in [2.24, 2.45) is 11.3 Å². The van der Waals surface area contributed by atoms with E-state index in [4.69, 9.17) is 0 Å². The van der Waals surface area contributed by atoms with E-state index in [0.29, 0.717) is 6.54 Å². The first kappa shape index (κ1) is 16.0. The second-order valence-corrected chi connectivity index (χ2v) is 6.93. The predicted octanol–water partition coefficient (Wildman–Crippen LogP) is 3.80. The Bertz CT molecular complexity index is 518. The molecule has 1 N–H and O–H groups in total. The Morgan fingerprint density at radius 1 is 1.19 bits per heavy atom. The van der Waals surface area contributed by atoms with Crippen molar-refractivity contribution in [1.82, 2.24) is 4.90 Å². The first-order chi connectivity index (χ1) is 9.76. The minimum absolute atomic E-state index is 0.159. The zero-order chi connectivity index (χ0) is 15.8. The maximum atomic E-state index is 11.8. The molecule has 3 heteroatoms. The Morgan fingerprint density at radius 3 is 2.19 bits per heavy atom. The molecule has 2 rings (SSSR count). The van der Waals surface area contributed by atoms with Crippen molar-refractivity contribution in [2.75, 3.05) is 13.1 Å². The fourth-order valence-electron chi connectivity index (χ4n) is 3.55. The lowest BCUT2D eigenvalue weighted by Gasteiger charge is -2.31. The summed E-state index contributed by atoms with van der Waals surface area (Å²) in [4.78, 5) is 14.1. The zero-order valence-corrected chi connectivity index (χ0v) is 13.8. The molecule has 0 radical (unpaired) electrons. The number of carboxylic acids is 1. The highest BCUT2D eigenvalue weighted by Crippen LogP contribution is 2.41. The highest BCUT2D eigenvalue weighted by atomic mass is 16.4. The number of aliphatic carboxylic acids is 1. The monoisotopic (exact) mass is 289 g/mol. The normalized spacial score (nSPS) is 24.5. The average molecular weight is 289 g/mol. The van der Waals surface area contributed by atoms with E-state index in [0.717, 1.165) is 13.0 Å². The summed E-state index contributed by atoms with van der Waals surface area (Å²) < 4.78 is 0. The maximum Gasteiger partial charge on any atom is 0.311 e. The summed E-state index contributed by atoms with van der Waals surface area (Å²) in [5, 5.41) is 9.67. The number of aryl methyl sites for hydroxylation is 2. The van der Waals surface area contributed by atoms with E-state index >= 15 is 0 Å². The number of carboxylic acid groups (broad SMARTS) is 1. The van der Waals surface area contributed by atoms with Gasteiger partial charge in [-0.05, 0) is 45.2 Å². The van der Waals surface area contributed by atoms with Gasteiger partial charge in [0.15, 0.2) is 0 Å². The smallest absolute Gasteiger partial charge is 0.311 e. The van der Waals surface area contributed by atoms with Gasteiger partial charge in [-0.25, -0.2) is 0 Å². The molecule has 3 nitrogen and oxygen atoms in total. The van der Waals surface area contributed by atoms with Gasteiger partial charge in [0.05, 0.1) is 5.41 Å². The Morgan fingerprint density at radius 2 is 1.76 bits per heavy atom. The van der Waals surface area contributed by atoms with Crippen molar-refractivity contribution in [1.29, 1.82) is 0 Å². The SMILES string of the molecule is Cc1cc(C)cc(C(C)N2CCC(C(=O)O)(C(C)C)C2)c1. The molecule has 1 saturated heterocycles. The zero-order valence-electron chi connectivity index (χ0n) is 13.8. The summed E-state index contributed by atoms with van der Waals surface area (Å²) in [5.41, 5.74) is 3.24. The van der Waals surface area contributed by atoms with Crippen molar-refractivity contribution in [3.05, 3.63) is 34.9 Å². The van der Waals surface area contributed by atoms with Gasteiger partial charge >= 0.3 is 5.97 Å². The molecule has 2 unspecified atom stereocenters. The van der Waals surface area contributed by atoms with Crippen molar-refractivity contribution in [3.63, 3.8) is 0 Å². The van der Waals surface area contributed by atoms with Gasteiger partial charge < -0.3 is 5.11 Å². The lowest BCUT2D eigenvalue weighted by atomic mass is 9.76. The van der Waals surface area contributed by atoms with Gasteiger partial charge in [-0.15, -0.1) is 0 Å². The lowest BCUT2D eigenvalue weighted by Crippen LogP contribution is -2.39. The fourth-order valence-corrected chi connectivity index (χ4v) is 3.55. The van der Waals surface area contributed by atoms with Crippen LogP contribution in [0.5, 0.6) is 0 Å². The van der Waals surface area contributed by atoms with E-state index < -0.39 is 11.4 Å². The van der Waals surface area contributed by atoms with Gasteiger partial charge in [-0.3, -0.25) is 9.69 Å². The Hall–Kier alpha value is -1.35. The molecule has 0 aliphatic carbocycles. The number of rotatable bonds is 4. The molecule has 1 aromatic rings. The van der Waals surface area contributed by atoms with Gasteiger partial charge in [0.25, 0.3) is 0 Å². The standard InChI is InChI=1S/C18H27NO2/c1-12(2)18(17(20)21)6-7-19(11-18)15(5)16-9-13(3)8-14(4)10-16/h8-10,12,15H,6-7,11H2,1-5H3,(H,20,21). The highest BCUT2D eigenvalue weighted by Gasteiger charge is 2.48. The summed E-state index contributed by atoms with van der Waals surface area (Å²) in [6.45, 7) is 12.0. The number of hydrogen-bond acceptors (Lipinski definition) is 2. The van der Waals surface area contributed by atoms with E-state index in [2.05, 4.69) is 43.9 Å². The summed E-state index contributed by atoms with van der Waals surface area (Å²) in [6.07, 6.45) is 0.745. The fraction of sp³-hybridized carbons (Fsp3) is 0.611. The molecule has 1 aromatic carbocycles. The Balaban J connectivity index is 2.22. The summed E-state index contributed by atoms with van der Waals surface area (Å²) in [7, 11) is 0. The van der Waals surface area contributed by atoms with E-state index in [1.165, 1.54) is 16.7 Å². The summed E-state index contributed by atoms with van der Waals surface area (Å²) in [5.74, 6) is -0.487. The molecule has 0 bridgehead atoms.